The molecule has 1 aromatic rings. The van der Waals surface area contributed by atoms with Crippen LogP contribution < -0.4 is 16.0 Å². The molecule has 2 aliphatic heterocycles. The molecule has 3 aliphatic rings. The zero-order chi connectivity index (χ0) is 28.5. The third-order valence-electron chi connectivity index (χ3n) is 7.23. The molecule has 0 radical (unpaired) electrons. The van der Waals surface area contributed by atoms with Crippen LogP contribution in [0.2, 0.25) is 0 Å². The van der Waals surface area contributed by atoms with Crippen molar-refractivity contribution in [1.29, 1.82) is 0 Å². The molecule has 0 bridgehead atoms. The fourth-order valence-electron chi connectivity index (χ4n) is 4.92. The molecule has 40 heavy (non-hydrogen) atoms. The number of thioether (sulfide) groups is 1. The molecule has 2 saturated heterocycles. The minimum Gasteiger partial charge on any atom is -0.392 e. The van der Waals surface area contributed by atoms with Gasteiger partial charge in [-0.1, -0.05) is 12.5 Å². The van der Waals surface area contributed by atoms with E-state index in [0.717, 1.165) is 43.9 Å². The molecule has 3 fully saturated rings. The molecular formula is C26H39FN4O7S2. The lowest BCUT2D eigenvalue weighted by Crippen LogP contribution is -2.36. The van der Waals surface area contributed by atoms with Crippen molar-refractivity contribution < 1.29 is 37.0 Å². The lowest BCUT2D eigenvalue weighted by atomic mass is 10.0. The number of aliphatic hydroxyl groups is 1. The molecular weight excluding hydrogens is 563 g/mol. The van der Waals surface area contributed by atoms with Crippen LogP contribution in [0.25, 0.3) is 0 Å². The van der Waals surface area contributed by atoms with Gasteiger partial charge in [-0.25, -0.2) is 17.6 Å². The Kier molecular flexibility index (Phi) is 11.4. The monoisotopic (exact) mass is 602 g/mol. The molecule has 224 valence electrons. The summed E-state index contributed by atoms with van der Waals surface area (Å²) in [5, 5.41) is 18.3. The molecule has 4 rings (SSSR count). The lowest BCUT2D eigenvalue weighted by molar-refractivity contribution is -0.121. The number of unbranched alkanes of at least 4 members (excludes halogenated alkanes) is 1. The van der Waals surface area contributed by atoms with Gasteiger partial charge >= 0.3 is 6.03 Å². The van der Waals surface area contributed by atoms with E-state index in [4.69, 9.17) is 14.6 Å². The normalized spacial score (nSPS) is 22.3. The van der Waals surface area contributed by atoms with E-state index in [1.807, 2.05) is 11.8 Å². The zero-order valence-corrected chi connectivity index (χ0v) is 24.1. The molecule has 0 aromatic heterocycles. The van der Waals surface area contributed by atoms with Crippen LogP contribution in [0, 0.1) is 5.82 Å². The summed E-state index contributed by atoms with van der Waals surface area (Å²) in [5.74, 6) is 0.171. The summed E-state index contributed by atoms with van der Waals surface area (Å²) in [6.45, 7) is 1.17. The SMILES string of the molecule is O=C(CCCC[C@@H]1SC[C@@H]2NC(=O)N[C@@H]21)NCCOCCOCCN(C1CC1)S(=O)(=O)c1ccc(CO)c(F)c1. The van der Waals surface area contributed by atoms with Crippen molar-refractivity contribution in [2.45, 2.75) is 73.4 Å². The van der Waals surface area contributed by atoms with Crippen molar-refractivity contribution in [3.8, 4) is 0 Å². The lowest BCUT2D eigenvalue weighted by Gasteiger charge is -2.22. The highest BCUT2D eigenvalue weighted by Gasteiger charge is 2.42. The number of urea groups is 1. The second-order valence-corrected chi connectivity index (χ2v) is 13.4. The number of benzene rings is 1. The Bertz CT molecular complexity index is 1120. The first-order valence-corrected chi connectivity index (χ1v) is 16.3. The highest BCUT2D eigenvalue weighted by molar-refractivity contribution is 8.00. The number of aliphatic hydroxyl groups excluding tert-OH is 1. The molecule has 4 N–H and O–H groups in total. The number of nitrogens with zero attached hydrogens (tertiary/aromatic N) is 1. The molecule has 2 heterocycles. The van der Waals surface area contributed by atoms with Crippen LogP contribution in [-0.2, 0) is 30.9 Å². The van der Waals surface area contributed by atoms with E-state index < -0.39 is 22.4 Å². The van der Waals surface area contributed by atoms with E-state index in [9.17, 15) is 22.4 Å². The number of hydrogen-bond donors (Lipinski definition) is 4. The van der Waals surface area contributed by atoms with E-state index in [1.165, 1.54) is 16.4 Å². The van der Waals surface area contributed by atoms with Crippen LogP contribution in [-0.4, -0.2) is 98.4 Å². The number of carbonyl (C=O) groups excluding carboxylic acids is 2. The summed E-state index contributed by atoms with van der Waals surface area (Å²) in [6.07, 6.45) is 4.67. The first kappa shape index (κ1) is 31.0. The average Bonchev–Trinajstić information content (AvgIpc) is 3.59. The number of ether oxygens (including phenoxy) is 2. The predicted molar refractivity (Wildman–Crippen MR) is 148 cm³/mol. The van der Waals surface area contributed by atoms with Crippen LogP contribution in [0.4, 0.5) is 9.18 Å². The molecule has 0 unspecified atom stereocenters. The molecule has 1 saturated carbocycles. The van der Waals surface area contributed by atoms with Crippen molar-refractivity contribution in [3.05, 3.63) is 29.6 Å². The number of fused-ring (bicyclic) bond motifs is 1. The molecule has 14 heteroatoms. The zero-order valence-electron chi connectivity index (χ0n) is 22.5. The Morgan fingerprint density at radius 1 is 1.15 bits per heavy atom. The van der Waals surface area contributed by atoms with Gasteiger partial charge in [-0.05, 0) is 37.8 Å². The second-order valence-electron chi connectivity index (χ2n) is 10.2. The third kappa shape index (κ3) is 8.52. The van der Waals surface area contributed by atoms with E-state index in [1.54, 1.807) is 0 Å². The van der Waals surface area contributed by atoms with Gasteiger partial charge < -0.3 is 30.5 Å². The highest BCUT2D eigenvalue weighted by Crippen LogP contribution is 2.33. The van der Waals surface area contributed by atoms with Crippen LogP contribution in [0.3, 0.4) is 0 Å². The fraction of sp³-hybridized carbons (Fsp3) is 0.692. The van der Waals surface area contributed by atoms with Gasteiger partial charge in [0.1, 0.15) is 5.82 Å². The number of hydrogen-bond acceptors (Lipinski definition) is 8. The summed E-state index contributed by atoms with van der Waals surface area (Å²) in [6, 6.07) is 3.76. The molecule has 11 nitrogen and oxygen atoms in total. The topological polar surface area (TPSA) is 146 Å². The molecule has 3 atom stereocenters. The van der Waals surface area contributed by atoms with Gasteiger partial charge in [0.15, 0.2) is 0 Å². The van der Waals surface area contributed by atoms with Crippen LogP contribution in [0.5, 0.6) is 0 Å². The van der Waals surface area contributed by atoms with Crippen molar-refractivity contribution >= 4 is 33.7 Å². The summed E-state index contributed by atoms with van der Waals surface area (Å²) in [7, 11) is -3.88. The van der Waals surface area contributed by atoms with Gasteiger partial charge in [0.05, 0.1) is 50.0 Å². The summed E-state index contributed by atoms with van der Waals surface area (Å²) < 4.78 is 52.5. The van der Waals surface area contributed by atoms with Crippen molar-refractivity contribution in [2.24, 2.45) is 0 Å². The Hall–Kier alpha value is -1.97. The minimum absolute atomic E-state index is 0.0140. The van der Waals surface area contributed by atoms with Crippen molar-refractivity contribution in [2.75, 3.05) is 45.3 Å². The number of amides is 3. The summed E-state index contributed by atoms with van der Waals surface area (Å²) >= 11 is 1.88. The number of nitrogens with one attached hydrogen (secondary N) is 3. The third-order valence-corrected chi connectivity index (χ3v) is 10.7. The standard InChI is InChI=1S/C26H39FN4O7S2/c27-21-15-20(8-5-18(21)16-32)40(35,36)31(19-6-7-19)10-12-38-14-13-37-11-9-28-24(33)4-2-1-3-23-25-22(17-39-23)29-26(34)30-25/h5,8,15,19,22-23,25,32H,1-4,6-7,9-14,16-17H2,(H,28,33)(H2,29,30,34)/t22-,23-,25-/m0/s1. The Morgan fingerprint density at radius 3 is 2.65 bits per heavy atom. The summed E-state index contributed by atoms with van der Waals surface area (Å²) in [4.78, 5) is 23.4. The van der Waals surface area contributed by atoms with Gasteiger partial charge in [-0.15, -0.1) is 0 Å². The van der Waals surface area contributed by atoms with E-state index in [-0.39, 0.29) is 60.3 Å². The maximum atomic E-state index is 14.0. The first-order chi connectivity index (χ1) is 19.3. The van der Waals surface area contributed by atoms with Gasteiger partial charge in [0.25, 0.3) is 0 Å². The molecule has 1 aromatic carbocycles. The summed E-state index contributed by atoms with van der Waals surface area (Å²) in [5.41, 5.74) is 0.0480. The maximum absolute atomic E-state index is 14.0. The Labute approximate surface area is 239 Å². The highest BCUT2D eigenvalue weighted by atomic mass is 32.2. The van der Waals surface area contributed by atoms with Gasteiger partial charge in [-0.3, -0.25) is 4.79 Å². The van der Waals surface area contributed by atoms with Gasteiger partial charge in [0, 0.05) is 42.1 Å². The Morgan fingerprint density at radius 2 is 1.93 bits per heavy atom. The number of rotatable bonds is 18. The van der Waals surface area contributed by atoms with Crippen molar-refractivity contribution in [1.82, 2.24) is 20.3 Å². The Balaban J connectivity index is 1.02. The van der Waals surface area contributed by atoms with Gasteiger partial charge in [-0.2, -0.15) is 16.1 Å². The maximum Gasteiger partial charge on any atom is 0.315 e. The predicted octanol–water partition coefficient (Wildman–Crippen LogP) is 1.35. The second kappa shape index (κ2) is 14.8. The van der Waals surface area contributed by atoms with Gasteiger partial charge in [0.2, 0.25) is 15.9 Å². The van der Waals surface area contributed by atoms with Crippen molar-refractivity contribution in [3.63, 3.8) is 0 Å². The first-order valence-electron chi connectivity index (χ1n) is 13.8. The quantitative estimate of drug-likeness (QED) is 0.146. The molecule has 0 spiro atoms. The number of carbonyl (C=O) groups is 2. The molecule has 1 aliphatic carbocycles. The van der Waals surface area contributed by atoms with E-state index >= 15 is 0 Å². The smallest absolute Gasteiger partial charge is 0.315 e. The largest absolute Gasteiger partial charge is 0.392 e. The minimum atomic E-state index is -3.88. The van der Waals surface area contributed by atoms with Crippen LogP contribution in [0.15, 0.2) is 23.1 Å². The van der Waals surface area contributed by atoms with Crippen LogP contribution >= 0.6 is 11.8 Å². The average molecular weight is 603 g/mol. The van der Waals surface area contributed by atoms with E-state index in [2.05, 4.69) is 16.0 Å². The van der Waals surface area contributed by atoms with E-state index in [0.29, 0.717) is 31.4 Å². The van der Waals surface area contributed by atoms with Crippen LogP contribution in [0.1, 0.15) is 44.1 Å². The number of sulfonamides is 1. The fourth-order valence-corrected chi connectivity index (χ4v) is 8.14. The molecule has 3 amide bonds. The number of halogens is 1.